The first-order valence-electron chi connectivity index (χ1n) is 4.66. The summed E-state index contributed by atoms with van der Waals surface area (Å²) in [7, 11) is 0. The van der Waals surface area contributed by atoms with E-state index in [4.69, 9.17) is 11.6 Å². The normalized spacial score (nSPS) is 11.6. The number of carbonyl (C=O) groups excluding carboxylic acids is 1. The van der Waals surface area contributed by atoms with E-state index in [0.29, 0.717) is 6.29 Å². The lowest BCUT2D eigenvalue weighted by Crippen LogP contribution is -2.08. The Labute approximate surface area is 104 Å². The molecular weight excluding hydrogens is 271 g/mol. The van der Waals surface area contributed by atoms with Crippen molar-refractivity contribution in [1.29, 1.82) is 0 Å². The van der Waals surface area contributed by atoms with Crippen LogP contribution in [0.25, 0.3) is 5.69 Å². The van der Waals surface area contributed by atoms with E-state index in [1.54, 1.807) is 0 Å². The first-order chi connectivity index (χ1) is 8.41. The van der Waals surface area contributed by atoms with Gasteiger partial charge in [-0.05, 0) is 18.2 Å². The van der Waals surface area contributed by atoms with Crippen LogP contribution in [-0.2, 0) is 6.18 Å². The molecule has 0 spiro atoms. The zero-order valence-corrected chi connectivity index (χ0v) is 9.40. The largest absolute Gasteiger partial charge is 0.416 e. The third kappa shape index (κ3) is 2.35. The van der Waals surface area contributed by atoms with Crippen molar-refractivity contribution < 1.29 is 18.0 Å². The third-order valence-corrected chi connectivity index (χ3v) is 2.44. The molecule has 2 rings (SSSR count). The molecule has 0 aliphatic carbocycles. The smallest absolute Gasteiger partial charge is 0.296 e. The van der Waals surface area contributed by atoms with E-state index < -0.39 is 11.7 Å². The van der Waals surface area contributed by atoms with Gasteiger partial charge < -0.3 is 0 Å². The fourth-order valence-electron chi connectivity index (χ4n) is 1.29. The number of hydrogen-bond acceptors (Lipinski definition) is 3. The number of aromatic nitrogens is 3. The van der Waals surface area contributed by atoms with Crippen molar-refractivity contribution in [2.75, 3.05) is 0 Å². The summed E-state index contributed by atoms with van der Waals surface area (Å²) in [4.78, 5) is 11.3. The van der Waals surface area contributed by atoms with Crippen molar-refractivity contribution >= 4 is 17.9 Å². The molecule has 1 aromatic carbocycles. The van der Waals surface area contributed by atoms with Gasteiger partial charge in [-0.15, -0.1) is 9.90 Å². The van der Waals surface area contributed by atoms with Gasteiger partial charge in [-0.25, -0.2) is 0 Å². The first-order valence-corrected chi connectivity index (χ1v) is 5.04. The summed E-state index contributed by atoms with van der Waals surface area (Å²) in [6.07, 6.45) is -2.92. The summed E-state index contributed by atoms with van der Waals surface area (Å²) in [5, 5.41) is 7.38. The van der Waals surface area contributed by atoms with Crippen molar-refractivity contribution in [3.05, 3.63) is 40.7 Å². The molecule has 2 aromatic rings. The first kappa shape index (κ1) is 12.6. The van der Waals surface area contributed by atoms with Crippen molar-refractivity contribution in [3.63, 3.8) is 0 Å². The average molecular weight is 276 g/mol. The molecule has 0 fully saturated rings. The summed E-state index contributed by atoms with van der Waals surface area (Å²) >= 11 is 5.78. The number of rotatable bonds is 2. The van der Waals surface area contributed by atoms with E-state index in [2.05, 4.69) is 10.2 Å². The molecule has 0 N–H and O–H groups in total. The Morgan fingerprint density at radius 2 is 2.06 bits per heavy atom. The molecule has 0 amide bonds. The monoisotopic (exact) mass is 275 g/mol. The Balaban J connectivity index is 2.52. The van der Waals surface area contributed by atoms with Gasteiger partial charge in [0.25, 0.3) is 0 Å². The molecular formula is C10H5ClF3N3O. The maximum atomic E-state index is 12.5. The van der Waals surface area contributed by atoms with Crippen LogP contribution < -0.4 is 0 Å². The molecule has 18 heavy (non-hydrogen) atoms. The quantitative estimate of drug-likeness (QED) is 0.792. The van der Waals surface area contributed by atoms with Gasteiger partial charge in [-0.1, -0.05) is 11.6 Å². The topological polar surface area (TPSA) is 47.8 Å². The lowest BCUT2D eigenvalue weighted by atomic mass is 10.2. The van der Waals surface area contributed by atoms with Crippen LogP contribution in [0.2, 0.25) is 5.02 Å². The summed E-state index contributed by atoms with van der Waals surface area (Å²) in [5.74, 6) is 0. The molecule has 0 bridgehead atoms. The highest BCUT2D eigenvalue weighted by atomic mass is 35.5. The van der Waals surface area contributed by atoms with E-state index in [1.807, 2.05) is 0 Å². The Hall–Kier alpha value is -1.89. The van der Waals surface area contributed by atoms with Crippen molar-refractivity contribution in [3.8, 4) is 5.69 Å². The van der Waals surface area contributed by atoms with Crippen LogP contribution in [0, 0.1) is 0 Å². The minimum absolute atomic E-state index is 0.00322. The number of aldehydes is 1. The second-order valence-corrected chi connectivity index (χ2v) is 3.75. The second kappa shape index (κ2) is 4.41. The van der Waals surface area contributed by atoms with Gasteiger partial charge in [0.05, 0.1) is 16.8 Å². The van der Waals surface area contributed by atoms with E-state index in [0.717, 1.165) is 29.2 Å². The van der Waals surface area contributed by atoms with Crippen molar-refractivity contribution in [2.45, 2.75) is 6.18 Å². The number of nitrogens with zero attached hydrogens (tertiary/aromatic N) is 3. The number of carbonyl (C=O) groups is 1. The number of benzene rings is 1. The van der Waals surface area contributed by atoms with Gasteiger partial charge in [0.1, 0.15) is 11.4 Å². The molecule has 0 unspecified atom stereocenters. The summed E-state index contributed by atoms with van der Waals surface area (Å²) in [6, 6.07) is 2.77. The summed E-state index contributed by atoms with van der Waals surface area (Å²) in [5.41, 5.74) is -0.907. The Morgan fingerprint density at radius 1 is 1.33 bits per heavy atom. The van der Waals surface area contributed by atoms with E-state index in [1.165, 1.54) is 0 Å². The molecule has 0 saturated carbocycles. The molecule has 0 saturated heterocycles. The number of alkyl halides is 3. The highest BCUT2D eigenvalue weighted by Crippen LogP contribution is 2.32. The Kier molecular flexibility index (Phi) is 3.08. The van der Waals surface area contributed by atoms with Gasteiger partial charge in [0.15, 0.2) is 6.29 Å². The van der Waals surface area contributed by atoms with Gasteiger partial charge >= 0.3 is 6.18 Å². The van der Waals surface area contributed by atoms with Crippen LogP contribution in [0.4, 0.5) is 13.2 Å². The Bertz CT molecular complexity index is 594. The predicted octanol–water partition coefficient (Wildman–Crippen LogP) is 2.75. The zero-order valence-electron chi connectivity index (χ0n) is 8.65. The van der Waals surface area contributed by atoms with Crippen LogP contribution in [0.1, 0.15) is 16.1 Å². The average Bonchev–Trinajstić information content (AvgIpc) is 2.76. The molecule has 94 valence electrons. The maximum Gasteiger partial charge on any atom is 0.416 e. The maximum absolute atomic E-state index is 12.5. The standard InChI is InChI=1S/C10H5ClF3N3O/c11-8-2-1-6(10(12,13)14)3-9(8)17-15-4-7(5-18)16-17/h1-5H. The highest BCUT2D eigenvalue weighted by Gasteiger charge is 2.31. The zero-order chi connectivity index (χ0) is 13.3. The van der Waals surface area contributed by atoms with Crippen LogP contribution in [0.3, 0.4) is 0 Å². The third-order valence-electron chi connectivity index (χ3n) is 2.12. The molecule has 0 aliphatic rings. The van der Waals surface area contributed by atoms with Gasteiger partial charge in [0.2, 0.25) is 0 Å². The van der Waals surface area contributed by atoms with Crippen LogP contribution in [0.5, 0.6) is 0 Å². The predicted molar refractivity (Wildman–Crippen MR) is 56.8 cm³/mol. The van der Waals surface area contributed by atoms with E-state index in [9.17, 15) is 18.0 Å². The number of halogens is 4. The van der Waals surface area contributed by atoms with E-state index in [-0.39, 0.29) is 16.4 Å². The molecule has 8 heteroatoms. The minimum atomic E-state index is -4.49. The van der Waals surface area contributed by atoms with Crippen molar-refractivity contribution in [2.24, 2.45) is 0 Å². The Morgan fingerprint density at radius 3 is 2.61 bits per heavy atom. The molecule has 0 atom stereocenters. The molecule has 1 heterocycles. The van der Waals surface area contributed by atoms with Crippen LogP contribution in [-0.4, -0.2) is 21.3 Å². The fraction of sp³-hybridized carbons (Fsp3) is 0.100. The highest BCUT2D eigenvalue weighted by molar-refractivity contribution is 6.32. The second-order valence-electron chi connectivity index (χ2n) is 3.34. The van der Waals surface area contributed by atoms with Crippen LogP contribution in [0.15, 0.2) is 24.4 Å². The fourth-order valence-corrected chi connectivity index (χ4v) is 1.48. The summed E-state index contributed by atoms with van der Waals surface area (Å²) < 4.78 is 37.6. The van der Waals surface area contributed by atoms with Gasteiger partial charge in [-0.3, -0.25) is 4.79 Å². The van der Waals surface area contributed by atoms with Crippen molar-refractivity contribution in [1.82, 2.24) is 15.0 Å². The minimum Gasteiger partial charge on any atom is -0.296 e. The lowest BCUT2D eigenvalue weighted by molar-refractivity contribution is -0.137. The van der Waals surface area contributed by atoms with Gasteiger partial charge in [0, 0.05) is 0 Å². The number of hydrogen-bond donors (Lipinski definition) is 0. The molecule has 1 aromatic heterocycles. The summed E-state index contributed by atoms with van der Waals surface area (Å²) in [6.45, 7) is 0. The molecule has 0 radical (unpaired) electrons. The molecule has 0 aliphatic heterocycles. The van der Waals surface area contributed by atoms with Gasteiger partial charge in [-0.2, -0.15) is 18.3 Å². The SMILES string of the molecule is O=Cc1cnn(-c2cc(C(F)(F)F)ccc2Cl)n1. The lowest BCUT2D eigenvalue weighted by Gasteiger charge is -2.09. The van der Waals surface area contributed by atoms with E-state index >= 15 is 0 Å². The molecule has 4 nitrogen and oxygen atoms in total. The van der Waals surface area contributed by atoms with Crippen LogP contribution >= 0.6 is 11.6 Å².